The lowest BCUT2D eigenvalue weighted by Crippen LogP contribution is -1.96. The van der Waals surface area contributed by atoms with Gasteiger partial charge in [-0.05, 0) is 83.3 Å². The molecule has 0 aliphatic heterocycles. The largest absolute Gasteiger partial charge is 0.0622 e. The van der Waals surface area contributed by atoms with Crippen LogP contribution in [0.25, 0.3) is 33.4 Å². The maximum atomic E-state index is 2.35. The minimum Gasteiger partial charge on any atom is -0.0622 e. The van der Waals surface area contributed by atoms with E-state index in [1.165, 1.54) is 55.6 Å². The Morgan fingerprint density at radius 2 is 0.857 bits per heavy atom. The first-order valence-corrected chi connectivity index (χ1v) is 9.89. The molecular formula is C28H26. The minimum atomic E-state index is 1.25. The molecule has 0 bridgehead atoms. The van der Waals surface area contributed by atoms with Gasteiger partial charge in [0.25, 0.3) is 0 Å². The van der Waals surface area contributed by atoms with Crippen molar-refractivity contribution >= 4 is 0 Å². The summed E-state index contributed by atoms with van der Waals surface area (Å²) < 4.78 is 0. The number of aryl methyl sites for hydroxylation is 1. The van der Waals surface area contributed by atoms with E-state index in [1.54, 1.807) is 0 Å². The number of hydrogen-bond donors (Lipinski definition) is 0. The van der Waals surface area contributed by atoms with Crippen molar-refractivity contribution in [2.24, 2.45) is 0 Å². The Bertz CT molecular complexity index is 1130. The topological polar surface area (TPSA) is 0 Å². The smallest absolute Gasteiger partial charge is 0.00991 e. The summed E-state index contributed by atoms with van der Waals surface area (Å²) in [5, 5.41) is 0. The Hall–Kier alpha value is -3.12. The molecule has 0 aliphatic carbocycles. The standard InChI is InChI=1S/C28H26/c1-19-18-28(22(4)21(3)20(19)2)27-17-11-10-16-26(27)25-15-9-8-14-24(25)23-12-6-5-7-13-23/h5-18H,1-4H3. The molecule has 0 unspecified atom stereocenters. The zero-order valence-corrected chi connectivity index (χ0v) is 17.1. The van der Waals surface area contributed by atoms with Crippen LogP contribution in [-0.4, -0.2) is 0 Å². The SMILES string of the molecule is Cc1cc(-c2ccccc2-c2ccccc2-c2ccccc2)c(C)c(C)c1C. The van der Waals surface area contributed by atoms with E-state index in [9.17, 15) is 0 Å². The molecule has 0 fully saturated rings. The molecule has 4 aromatic carbocycles. The van der Waals surface area contributed by atoms with E-state index < -0.39 is 0 Å². The molecule has 0 heteroatoms. The van der Waals surface area contributed by atoms with E-state index in [4.69, 9.17) is 0 Å². The molecule has 0 nitrogen and oxygen atoms in total. The third-order valence-electron chi connectivity index (χ3n) is 6.00. The van der Waals surface area contributed by atoms with Crippen LogP contribution in [0.1, 0.15) is 22.3 Å². The van der Waals surface area contributed by atoms with Crippen LogP contribution >= 0.6 is 0 Å². The summed E-state index contributed by atoms with van der Waals surface area (Å²) in [6, 6.07) is 30.5. The highest BCUT2D eigenvalue weighted by atomic mass is 14.2. The second-order valence-electron chi connectivity index (χ2n) is 7.57. The third-order valence-corrected chi connectivity index (χ3v) is 6.00. The molecule has 0 aromatic heterocycles. The van der Waals surface area contributed by atoms with E-state index in [0.29, 0.717) is 0 Å². The van der Waals surface area contributed by atoms with E-state index in [1.807, 2.05) is 0 Å². The van der Waals surface area contributed by atoms with Crippen LogP contribution in [0.3, 0.4) is 0 Å². The third kappa shape index (κ3) is 3.16. The molecule has 0 radical (unpaired) electrons. The molecule has 0 N–H and O–H groups in total. The lowest BCUT2D eigenvalue weighted by molar-refractivity contribution is 1.22. The van der Waals surface area contributed by atoms with Crippen molar-refractivity contribution in [3.05, 3.63) is 107 Å². The van der Waals surface area contributed by atoms with Gasteiger partial charge in [0.1, 0.15) is 0 Å². The van der Waals surface area contributed by atoms with E-state index in [2.05, 4.69) is 113 Å². The van der Waals surface area contributed by atoms with Crippen molar-refractivity contribution in [3.8, 4) is 33.4 Å². The quantitative estimate of drug-likeness (QED) is 0.347. The molecule has 4 aromatic rings. The van der Waals surface area contributed by atoms with Gasteiger partial charge in [0.05, 0.1) is 0 Å². The van der Waals surface area contributed by atoms with Crippen LogP contribution in [0.4, 0.5) is 0 Å². The number of rotatable bonds is 3. The van der Waals surface area contributed by atoms with Crippen LogP contribution in [0.5, 0.6) is 0 Å². The van der Waals surface area contributed by atoms with E-state index >= 15 is 0 Å². The van der Waals surface area contributed by atoms with Gasteiger partial charge >= 0.3 is 0 Å². The zero-order chi connectivity index (χ0) is 19.7. The average molecular weight is 363 g/mol. The lowest BCUT2D eigenvalue weighted by Gasteiger charge is -2.19. The molecule has 0 atom stereocenters. The summed E-state index contributed by atoms with van der Waals surface area (Å²) in [7, 11) is 0. The molecule has 0 aliphatic rings. The second kappa shape index (κ2) is 7.48. The number of benzene rings is 4. The molecule has 4 rings (SSSR count). The van der Waals surface area contributed by atoms with Crippen molar-refractivity contribution in [2.75, 3.05) is 0 Å². The number of hydrogen-bond acceptors (Lipinski definition) is 0. The minimum absolute atomic E-state index is 1.25. The molecule has 0 amide bonds. The fourth-order valence-electron chi connectivity index (χ4n) is 4.03. The van der Waals surface area contributed by atoms with Crippen molar-refractivity contribution < 1.29 is 0 Å². The van der Waals surface area contributed by atoms with E-state index in [0.717, 1.165) is 0 Å². The fourth-order valence-corrected chi connectivity index (χ4v) is 4.03. The normalized spacial score (nSPS) is 10.9. The van der Waals surface area contributed by atoms with Crippen LogP contribution in [0.15, 0.2) is 84.9 Å². The van der Waals surface area contributed by atoms with Crippen LogP contribution in [0.2, 0.25) is 0 Å². The summed E-state index contributed by atoms with van der Waals surface area (Å²) in [6.45, 7) is 8.92. The van der Waals surface area contributed by atoms with Crippen LogP contribution < -0.4 is 0 Å². The van der Waals surface area contributed by atoms with Gasteiger partial charge in [-0.2, -0.15) is 0 Å². The average Bonchev–Trinajstić information content (AvgIpc) is 2.75. The predicted molar refractivity (Wildman–Crippen MR) is 122 cm³/mol. The van der Waals surface area contributed by atoms with Gasteiger partial charge in [0.15, 0.2) is 0 Å². The molecule has 138 valence electrons. The van der Waals surface area contributed by atoms with Gasteiger partial charge in [-0.15, -0.1) is 0 Å². The van der Waals surface area contributed by atoms with E-state index in [-0.39, 0.29) is 0 Å². The molecule has 0 heterocycles. The Balaban J connectivity index is 1.98. The molecular weight excluding hydrogens is 336 g/mol. The maximum Gasteiger partial charge on any atom is -0.00991 e. The van der Waals surface area contributed by atoms with Crippen molar-refractivity contribution in [1.29, 1.82) is 0 Å². The summed E-state index contributed by atoms with van der Waals surface area (Å²) >= 11 is 0. The van der Waals surface area contributed by atoms with Gasteiger partial charge < -0.3 is 0 Å². The summed E-state index contributed by atoms with van der Waals surface area (Å²) in [5.41, 5.74) is 13.2. The van der Waals surface area contributed by atoms with Crippen LogP contribution in [-0.2, 0) is 0 Å². The first-order chi connectivity index (χ1) is 13.6. The monoisotopic (exact) mass is 362 g/mol. The molecule has 0 saturated heterocycles. The fraction of sp³-hybridized carbons (Fsp3) is 0.143. The highest BCUT2D eigenvalue weighted by molar-refractivity contribution is 5.92. The van der Waals surface area contributed by atoms with Crippen LogP contribution in [0, 0.1) is 27.7 Å². The van der Waals surface area contributed by atoms with Gasteiger partial charge in [-0.3, -0.25) is 0 Å². The first-order valence-electron chi connectivity index (χ1n) is 9.89. The molecule has 0 saturated carbocycles. The first kappa shape index (κ1) is 18.3. The van der Waals surface area contributed by atoms with Gasteiger partial charge in [-0.25, -0.2) is 0 Å². The van der Waals surface area contributed by atoms with Crippen molar-refractivity contribution in [2.45, 2.75) is 27.7 Å². The molecule has 0 spiro atoms. The highest BCUT2D eigenvalue weighted by Gasteiger charge is 2.15. The van der Waals surface area contributed by atoms with Crippen molar-refractivity contribution in [1.82, 2.24) is 0 Å². The Labute approximate surface area is 168 Å². The Morgan fingerprint density at radius 3 is 1.46 bits per heavy atom. The lowest BCUT2D eigenvalue weighted by atomic mass is 9.85. The zero-order valence-electron chi connectivity index (χ0n) is 17.1. The molecule has 28 heavy (non-hydrogen) atoms. The predicted octanol–water partition coefficient (Wildman–Crippen LogP) is 7.92. The van der Waals surface area contributed by atoms with Gasteiger partial charge in [0.2, 0.25) is 0 Å². The highest BCUT2D eigenvalue weighted by Crippen LogP contribution is 2.40. The Kier molecular flexibility index (Phi) is 4.88. The summed E-state index contributed by atoms with van der Waals surface area (Å²) in [6.07, 6.45) is 0. The van der Waals surface area contributed by atoms with Gasteiger partial charge in [0, 0.05) is 0 Å². The second-order valence-corrected chi connectivity index (χ2v) is 7.57. The Morgan fingerprint density at radius 1 is 0.393 bits per heavy atom. The maximum absolute atomic E-state index is 2.35. The summed E-state index contributed by atoms with van der Waals surface area (Å²) in [4.78, 5) is 0. The van der Waals surface area contributed by atoms with Crippen molar-refractivity contribution in [3.63, 3.8) is 0 Å². The van der Waals surface area contributed by atoms with Gasteiger partial charge in [-0.1, -0.05) is 84.9 Å². The summed E-state index contributed by atoms with van der Waals surface area (Å²) in [5.74, 6) is 0.